The lowest BCUT2D eigenvalue weighted by Gasteiger charge is -2.36. The van der Waals surface area contributed by atoms with Gasteiger partial charge in [0.2, 0.25) is 0 Å². The first-order valence-corrected chi connectivity index (χ1v) is 10.6. The molecule has 2 unspecified atom stereocenters. The van der Waals surface area contributed by atoms with Gasteiger partial charge in [0.15, 0.2) is 11.6 Å². The molecule has 2 N–H and O–H groups in total. The highest BCUT2D eigenvalue weighted by molar-refractivity contribution is 6.03. The number of fused-ring (bicyclic) bond motifs is 1. The maximum Gasteiger partial charge on any atom is 0.193 e. The summed E-state index contributed by atoms with van der Waals surface area (Å²) in [6.07, 6.45) is 7.45. The molecule has 0 radical (unpaired) electrons. The molecule has 3 rings (SSSR count). The molecular formula is C26H34O4. The molecule has 0 saturated carbocycles. The van der Waals surface area contributed by atoms with Crippen molar-refractivity contribution in [3.05, 3.63) is 58.7 Å². The van der Waals surface area contributed by atoms with Crippen LogP contribution in [-0.2, 0) is 15.6 Å². The van der Waals surface area contributed by atoms with Crippen LogP contribution in [0.4, 0.5) is 0 Å². The average molecular weight is 411 g/mol. The number of rotatable bonds is 5. The van der Waals surface area contributed by atoms with Crippen molar-refractivity contribution in [2.75, 3.05) is 0 Å². The Morgan fingerprint density at radius 2 is 1.57 bits per heavy atom. The van der Waals surface area contributed by atoms with Gasteiger partial charge in [0.25, 0.3) is 0 Å². The molecule has 162 valence electrons. The summed E-state index contributed by atoms with van der Waals surface area (Å²) < 4.78 is 0. The molecule has 0 heterocycles. The van der Waals surface area contributed by atoms with Crippen molar-refractivity contribution in [3.63, 3.8) is 0 Å². The second-order valence-corrected chi connectivity index (χ2v) is 10.9. The van der Waals surface area contributed by atoms with Gasteiger partial charge in [0.1, 0.15) is 11.2 Å². The van der Waals surface area contributed by atoms with Crippen molar-refractivity contribution >= 4 is 11.6 Å². The summed E-state index contributed by atoms with van der Waals surface area (Å²) in [5.41, 5.74) is 0.395. The van der Waals surface area contributed by atoms with Gasteiger partial charge in [0.05, 0.1) is 0 Å². The molecule has 30 heavy (non-hydrogen) atoms. The highest BCUT2D eigenvalue weighted by atomic mass is 16.3. The molecule has 4 heteroatoms. The SMILES string of the molecule is CC(C)(O)C(=O)C1=CCC(C2(C)CC(C)(C)c3ccc(C(=O)C(C)(C)O)cc32)C=C1. The Kier molecular flexibility index (Phi) is 5.28. The van der Waals surface area contributed by atoms with Crippen molar-refractivity contribution in [1.82, 2.24) is 0 Å². The Morgan fingerprint density at radius 1 is 0.967 bits per heavy atom. The fourth-order valence-electron chi connectivity index (χ4n) is 5.16. The van der Waals surface area contributed by atoms with Crippen LogP contribution in [0, 0.1) is 5.92 Å². The zero-order valence-corrected chi connectivity index (χ0v) is 19.2. The molecular weight excluding hydrogens is 376 g/mol. The van der Waals surface area contributed by atoms with Crippen LogP contribution in [0.5, 0.6) is 0 Å². The van der Waals surface area contributed by atoms with Gasteiger partial charge in [-0.15, -0.1) is 0 Å². The standard InChI is InChI=1S/C26H34O4/c1-23(2)15-26(7,18-11-8-16(9-12-18)21(27)24(3,4)29)20-14-17(10-13-19(20)23)22(28)25(5,6)30/h8-11,13-14,18,29-30H,12,15H2,1-7H3. The number of carbonyl (C=O) groups is 2. The quantitative estimate of drug-likeness (QED) is 0.705. The minimum absolute atomic E-state index is 0.0405. The number of allylic oxidation sites excluding steroid dienone is 3. The molecule has 0 saturated heterocycles. The molecule has 2 aliphatic rings. The fourth-order valence-corrected chi connectivity index (χ4v) is 5.16. The maximum atomic E-state index is 12.7. The number of aliphatic hydroxyl groups is 2. The number of ketones is 2. The van der Waals surface area contributed by atoms with Gasteiger partial charge in [-0.25, -0.2) is 0 Å². The number of carbonyl (C=O) groups excluding carboxylic acids is 2. The minimum atomic E-state index is -1.42. The molecule has 0 aliphatic heterocycles. The normalized spacial score (nSPS) is 25.6. The first-order chi connectivity index (χ1) is 13.6. The van der Waals surface area contributed by atoms with E-state index in [9.17, 15) is 19.8 Å². The summed E-state index contributed by atoms with van der Waals surface area (Å²) in [5, 5.41) is 20.2. The Labute approximate surface area is 179 Å². The van der Waals surface area contributed by atoms with Crippen LogP contribution in [0.3, 0.4) is 0 Å². The van der Waals surface area contributed by atoms with E-state index in [1.807, 2.05) is 30.4 Å². The lowest BCUT2D eigenvalue weighted by molar-refractivity contribution is -0.129. The molecule has 2 aliphatic carbocycles. The third-order valence-electron chi connectivity index (χ3n) is 6.73. The first-order valence-electron chi connectivity index (χ1n) is 10.6. The van der Waals surface area contributed by atoms with Gasteiger partial charge < -0.3 is 10.2 Å². The van der Waals surface area contributed by atoms with Gasteiger partial charge in [-0.1, -0.05) is 51.1 Å². The Hall–Kier alpha value is -2.04. The molecule has 0 spiro atoms. The van der Waals surface area contributed by atoms with E-state index < -0.39 is 11.2 Å². The number of hydrogen-bond acceptors (Lipinski definition) is 4. The van der Waals surface area contributed by atoms with E-state index in [0.717, 1.165) is 12.0 Å². The average Bonchev–Trinajstić information content (AvgIpc) is 2.85. The van der Waals surface area contributed by atoms with E-state index in [1.54, 1.807) is 0 Å². The van der Waals surface area contributed by atoms with Crippen LogP contribution >= 0.6 is 0 Å². The van der Waals surface area contributed by atoms with E-state index in [1.165, 1.54) is 33.3 Å². The van der Waals surface area contributed by atoms with E-state index in [0.29, 0.717) is 17.6 Å². The maximum absolute atomic E-state index is 12.7. The lowest BCUT2D eigenvalue weighted by Crippen LogP contribution is -2.35. The van der Waals surface area contributed by atoms with Crippen LogP contribution in [-0.4, -0.2) is 33.0 Å². The lowest BCUT2D eigenvalue weighted by atomic mass is 9.67. The van der Waals surface area contributed by atoms with Gasteiger partial charge in [-0.2, -0.15) is 0 Å². The zero-order chi connectivity index (χ0) is 22.7. The van der Waals surface area contributed by atoms with Crippen molar-refractivity contribution in [1.29, 1.82) is 0 Å². The monoisotopic (exact) mass is 410 g/mol. The Balaban J connectivity index is 1.99. The summed E-state index contributed by atoms with van der Waals surface area (Å²) in [4.78, 5) is 25.1. The summed E-state index contributed by atoms with van der Waals surface area (Å²) >= 11 is 0. The molecule has 1 aromatic rings. The highest BCUT2D eigenvalue weighted by Gasteiger charge is 2.48. The van der Waals surface area contributed by atoms with Crippen LogP contribution in [0.25, 0.3) is 0 Å². The van der Waals surface area contributed by atoms with Crippen LogP contribution in [0.15, 0.2) is 42.0 Å². The summed E-state index contributed by atoms with van der Waals surface area (Å²) in [7, 11) is 0. The Bertz CT molecular complexity index is 950. The summed E-state index contributed by atoms with van der Waals surface area (Å²) in [6.45, 7) is 12.7. The van der Waals surface area contributed by atoms with Crippen LogP contribution < -0.4 is 0 Å². The molecule has 1 aromatic carbocycles. The van der Waals surface area contributed by atoms with E-state index in [4.69, 9.17) is 0 Å². The summed E-state index contributed by atoms with van der Waals surface area (Å²) in [6, 6.07) is 5.81. The predicted molar refractivity (Wildman–Crippen MR) is 119 cm³/mol. The topological polar surface area (TPSA) is 74.6 Å². The molecule has 0 fully saturated rings. The highest BCUT2D eigenvalue weighted by Crippen LogP contribution is 2.55. The zero-order valence-electron chi connectivity index (χ0n) is 19.2. The van der Waals surface area contributed by atoms with Gasteiger partial charge >= 0.3 is 0 Å². The second-order valence-electron chi connectivity index (χ2n) is 10.9. The van der Waals surface area contributed by atoms with E-state index >= 15 is 0 Å². The first kappa shape index (κ1) is 22.6. The number of Topliss-reactive ketones (excluding diaryl/α,β-unsaturated/α-hetero) is 2. The van der Waals surface area contributed by atoms with E-state index in [-0.39, 0.29) is 28.3 Å². The largest absolute Gasteiger partial charge is 0.382 e. The molecule has 0 aromatic heterocycles. The molecule has 4 nitrogen and oxygen atoms in total. The third kappa shape index (κ3) is 3.83. The van der Waals surface area contributed by atoms with Gasteiger partial charge in [-0.3, -0.25) is 9.59 Å². The van der Waals surface area contributed by atoms with Crippen LogP contribution in [0.1, 0.15) is 82.8 Å². The molecule has 0 bridgehead atoms. The van der Waals surface area contributed by atoms with Crippen molar-refractivity contribution < 1.29 is 19.8 Å². The summed E-state index contributed by atoms with van der Waals surface area (Å²) in [5.74, 6) is -0.383. The second kappa shape index (κ2) is 7.00. The van der Waals surface area contributed by atoms with E-state index in [2.05, 4.69) is 26.8 Å². The number of hydrogen-bond donors (Lipinski definition) is 2. The smallest absolute Gasteiger partial charge is 0.193 e. The number of benzene rings is 1. The molecule has 2 atom stereocenters. The Morgan fingerprint density at radius 3 is 2.07 bits per heavy atom. The fraction of sp³-hybridized carbons (Fsp3) is 0.538. The van der Waals surface area contributed by atoms with Crippen molar-refractivity contribution in [2.45, 2.75) is 83.3 Å². The van der Waals surface area contributed by atoms with Crippen molar-refractivity contribution in [3.8, 4) is 0 Å². The van der Waals surface area contributed by atoms with Crippen LogP contribution in [0.2, 0.25) is 0 Å². The minimum Gasteiger partial charge on any atom is -0.382 e. The predicted octanol–water partition coefficient (Wildman–Crippen LogP) is 4.42. The molecule has 0 amide bonds. The van der Waals surface area contributed by atoms with Gasteiger partial charge in [-0.05, 0) is 69.1 Å². The van der Waals surface area contributed by atoms with Gasteiger partial charge in [0, 0.05) is 16.6 Å². The van der Waals surface area contributed by atoms with Crippen molar-refractivity contribution in [2.24, 2.45) is 5.92 Å². The third-order valence-corrected chi connectivity index (χ3v) is 6.73.